The summed E-state index contributed by atoms with van der Waals surface area (Å²) in [6.07, 6.45) is 4.03. The summed E-state index contributed by atoms with van der Waals surface area (Å²) >= 11 is 0. The number of amides is 1. The van der Waals surface area contributed by atoms with Gasteiger partial charge < -0.3 is 5.32 Å². The maximum atomic E-state index is 13.8. The molecule has 1 aliphatic carbocycles. The van der Waals surface area contributed by atoms with Gasteiger partial charge in [-0.3, -0.25) is 4.79 Å². The number of aryl methyl sites for hydroxylation is 2. The van der Waals surface area contributed by atoms with Crippen LogP contribution >= 0.6 is 0 Å². The standard InChI is InChI=1S/C27H29NO/c1-20-15-16-24(21(2)19-20)25(22-11-5-3-6-12-22)28-26(29)27(17-9-10-18-27)23-13-7-4-8-14-23/h3-8,11-16,19,25H,9-10,17-18H2,1-2H3,(H,28,29). The maximum Gasteiger partial charge on any atom is 0.231 e. The molecule has 0 radical (unpaired) electrons. The molecule has 0 heterocycles. The lowest BCUT2D eigenvalue weighted by atomic mass is 9.77. The van der Waals surface area contributed by atoms with E-state index >= 15 is 0 Å². The van der Waals surface area contributed by atoms with E-state index in [0.717, 1.165) is 42.4 Å². The van der Waals surface area contributed by atoms with Gasteiger partial charge in [0.1, 0.15) is 0 Å². The first-order chi connectivity index (χ1) is 14.1. The molecule has 0 bridgehead atoms. The Bertz CT molecular complexity index is 972. The summed E-state index contributed by atoms with van der Waals surface area (Å²) in [4.78, 5) is 13.8. The van der Waals surface area contributed by atoms with E-state index in [1.807, 2.05) is 36.4 Å². The fourth-order valence-corrected chi connectivity index (χ4v) is 4.79. The molecule has 1 amide bonds. The minimum Gasteiger partial charge on any atom is -0.344 e. The highest BCUT2D eigenvalue weighted by molar-refractivity contribution is 5.89. The molecule has 1 atom stereocenters. The van der Waals surface area contributed by atoms with E-state index in [1.54, 1.807) is 0 Å². The highest BCUT2D eigenvalue weighted by Crippen LogP contribution is 2.42. The van der Waals surface area contributed by atoms with Crippen LogP contribution in [0.15, 0.2) is 78.9 Å². The van der Waals surface area contributed by atoms with Crippen LogP contribution in [-0.2, 0) is 10.2 Å². The first-order valence-corrected chi connectivity index (χ1v) is 10.6. The van der Waals surface area contributed by atoms with E-state index in [-0.39, 0.29) is 11.9 Å². The van der Waals surface area contributed by atoms with Gasteiger partial charge in [-0.25, -0.2) is 0 Å². The highest BCUT2D eigenvalue weighted by atomic mass is 16.2. The lowest BCUT2D eigenvalue weighted by molar-refractivity contribution is -0.127. The van der Waals surface area contributed by atoms with Crippen LogP contribution in [0.5, 0.6) is 0 Å². The molecule has 1 fully saturated rings. The molecule has 1 unspecified atom stereocenters. The average molecular weight is 384 g/mol. The van der Waals surface area contributed by atoms with Crippen molar-refractivity contribution in [3.05, 3.63) is 107 Å². The molecule has 3 aromatic carbocycles. The van der Waals surface area contributed by atoms with E-state index < -0.39 is 5.41 Å². The minimum atomic E-state index is -0.424. The molecule has 1 N–H and O–H groups in total. The number of rotatable bonds is 5. The molecule has 1 saturated carbocycles. The monoisotopic (exact) mass is 383 g/mol. The molecule has 148 valence electrons. The van der Waals surface area contributed by atoms with Gasteiger partial charge in [-0.1, -0.05) is 97.3 Å². The van der Waals surface area contributed by atoms with E-state index in [2.05, 4.69) is 61.6 Å². The zero-order valence-electron chi connectivity index (χ0n) is 17.3. The summed E-state index contributed by atoms with van der Waals surface area (Å²) in [5.41, 5.74) is 5.44. The van der Waals surface area contributed by atoms with Gasteiger partial charge in [-0.05, 0) is 48.9 Å². The summed E-state index contributed by atoms with van der Waals surface area (Å²) in [5.74, 6) is 0.148. The van der Waals surface area contributed by atoms with Crippen molar-refractivity contribution in [2.75, 3.05) is 0 Å². The fourth-order valence-electron chi connectivity index (χ4n) is 4.79. The number of benzene rings is 3. The van der Waals surface area contributed by atoms with E-state index in [0.29, 0.717) is 0 Å². The third-order valence-electron chi connectivity index (χ3n) is 6.36. The molecular formula is C27H29NO. The molecule has 0 spiro atoms. The Morgan fingerprint density at radius 2 is 1.48 bits per heavy atom. The topological polar surface area (TPSA) is 29.1 Å². The Kier molecular flexibility index (Phi) is 5.53. The third-order valence-corrected chi connectivity index (χ3v) is 6.36. The Hall–Kier alpha value is -2.87. The number of carbonyl (C=O) groups excluding carboxylic acids is 1. The Labute approximate surface area is 174 Å². The van der Waals surface area contributed by atoms with Gasteiger partial charge in [0, 0.05) is 0 Å². The quantitative estimate of drug-likeness (QED) is 0.573. The van der Waals surface area contributed by atoms with E-state index in [4.69, 9.17) is 0 Å². The van der Waals surface area contributed by atoms with Crippen LogP contribution in [0.25, 0.3) is 0 Å². The van der Waals surface area contributed by atoms with Crippen molar-refractivity contribution < 1.29 is 4.79 Å². The van der Waals surface area contributed by atoms with Gasteiger partial charge in [-0.15, -0.1) is 0 Å². The van der Waals surface area contributed by atoms with Gasteiger partial charge in [0.25, 0.3) is 0 Å². The summed E-state index contributed by atoms with van der Waals surface area (Å²) < 4.78 is 0. The predicted molar refractivity (Wildman–Crippen MR) is 119 cm³/mol. The van der Waals surface area contributed by atoms with Crippen molar-refractivity contribution in [2.24, 2.45) is 0 Å². The predicted octanol–water partition coefficient (Wildman–Crippen LogP) is 6.02. The largest absolute Gasteiger partial charge is 0.344 e. The van der Waals surface area contributed by atoms with Gasteiger partial charge >= 0.3 is 0 Å². The van der Waals surface area contributed by atoms with Crippen LogP contribution in [0, 0.1) is 13.8 Å². The summed E-state index contributed by atoms with van der Waals surface area (Å²) in [6.45, 7) is 4.24. The number of hydrogen-bond donors (Lipinski definition) is 1. The van der Waals surface area contributed by atoms with Crippen LogP contribution < -0.4 is 5.32 Å². The van der Waals surface area contributed by atoms with Gasteiger partial charge in [0.2, 0.25) is 5.91 Å². The van der Waals surface area contributed by atoms with Crippen LogP contribution in [0.4, 0.5) is 0 Å². The zero-order chi connectivity index (χ0) is 20.3. The van der Waals surface area contributed by atoms with E-state index in [1.165, 1.54) is 11.1 Å². The second-order valence-corrected chi connectivity index (χ2v) is 8.33. The fraction of sp³-hybridized carbons (Fsp3) is 0.296. The lowest BCUT2D eigenvalue weighted by Crippen LogP contribution is -2.44. The smallest absolute Gasteiger partial charge is 0.231 e. The molecule has 0 aromatic heterocycles. The van der Waals surface area contributed by atoms with Gasteiger partial charge in [-0.2, -0.15) is 0 Å². The molecule has 0 aliphatic heterocycles. The SMILES string of the molecule is Cc1ccc(C(NC(=O)C2(c3ccccc3)CCCC2)c2ccccc2)c(C)c1. The van der Waals surface area contributed by atoms with Gasteiger partial charge in [0.15, 0.2) is 0 Å². The van der Waals surface area contributed by atoms with Crippen LogP contribution in [0.1, 0.15) is 59.5 Å². The van der Waals surface area contributed by atoms with Crippen molar-refractivity contribution in [2.45, 2.75) is 51.0 Å². The Morgan fingerprint density at radius 1 is 0.862 bits per heavy atom. The molecule has 29 heavy (non-hydrogen) atoms. The van der Waals surface area contributed by atoms with Crippen LogP contribution in [0.2, 0.25) is 0 Å². The maximum absolute atomic E-state index is 13.8. The number of carbonyl (C=O) groups is 1. The second-order valence-electron chi connectivity index (χ2n) is 8.33. The van der Waals surface area contributed by atoms with Gasteiger partial charge in [0.05, 0.1) is 11.5 Å². The average Bonchev–Trinajstić information content (AvgIpc) is 3.25. The molecule has 0 saturated heterocycles. The van der Waals surface area contributed by atoms with Crippen molar-refractivity contribution in [1.82, 2.24) is 5.32 Å². The Balaban J connectivity index is 1.73. The first-order valence-electron chi connectivity index (χ1n) is 10.6. The van der Waals surface area contributed by atoms with Crippen molar-refractivity contribution in [3.63, 3.8) is 0 Å². The summed E-state index contributed by atoms with van der Waals surface area (Å²) in [5, 5.41) is 3.45. The second kappa shape index (κ2) is 8.24. The van der Waals surface area contributed by atoms with E-state index in [9.17, 15) is 4.79 Å². The van der Waals surface area contributed by atoms with Crippen LogP contribution in [-0.4, -0.2) is 5.91 Å². The number of nitrogens with one attached hydrogen (secondary N) is 1. The molecule has 4 rings (SSSR count). The normalized spacial score (nSPS) is 16.3. The minimum absolute atomic E-state index is 0.148. The zero-order valence-corrected chi connectivity index (χ0v) is 17.3. The molecular weight excluding hydrogens is 354 g/mol. The first kappa shape index (κ1) is 19.4. The van der Waals surface area contributed by atoms with Crippen molar-refractivity contribution >= 4 is 5.91 Å². The van der Waals surface area contributed by atoms with Crippen molar-refractivity contribution in [1.29, 1.82) is 0 Å². The Morgan fingerprint density at radius 3 is 2.10 bits per heavy atom. The van der Waals surface area contributed by atoms with Crippen molar-refractivity contribution in [3.8, 4) is 0 Å². The van der Waals surface area contributed by atoms with Crippen LogP contribution in [0.3, 0.4) is 0 Å². The summed E-state index contributed by atoms with van der Waals surface area (Å²) in [7, 11) is 0. The lowest BCUT2D eigenvalue weighted by Gasteiger charge is -2.32. The molecule has 3 aromatic rings. The third kappa shape index (κ3) is 3.85. The molecule has 2 heteroatoms. The summed E-state index contributed by atoms with van der Waals surface area (Å²) in [6, 6.07) is 27.0. The molecule has 2 nitrogen and oxygen atoms in total. The molecule has 1 aliphatic rings. The highest BCUT2D eigenvalue weighted by Gasteiger charge is 2.43. The number of hydrogen-bond acceptors (Lipinski definition) is 1.